The highest BCUT2D eigenvalue weighted by atomic mass is 35.5. The number of nitrogens with zero attached hydrogens (tertiary/aromatic N) is 2. The van der Waals surface area contributed by atoms with E-state index >= 15 is 0 Å². The lowest BCUT2D eigenvalue weighted by atomic mass is 9.69. The van der Waals surface area contributed by atoms with Gasteiger partial charge in [0.15, 0.2) is 5.82 Å². The van der Waals surface area contributed by atoms with E-state index in [0.29, 0.717) is 30.8 Å². The zero-order valence-corrected chi connectivity index (χ0v) is 24.7. The number of ether oxygens (including phenoxy) is 1. The van der Waals surface area contributed by atoms with Crippen LogP contribution < -0.4 is 4.74 Å². The molecular formula is C24H33Cl2FN2O3Si2. The van der Waals surface area contributed by atoms with Gasteiger partial charge in [-0.3, -0.25) is 0 Å². The van der Waals surface area contributed by atoms with Crippen LogP contribution in [0.15, 0.2) is 18.2 Å². The van der Waals surface area contributed by atoms with E-state index in [0.717, 1.165) is 0 Å². The third-order valence-electron chi connectivity index (χ3n) is 6.01. The summed E-state index contributed by atoms with van der Waals surface area (Å²) >= 11 is 12.3. The predicted octanol–water partition coefficient (Wildman–Crippen LogP) is 7.05. The van der Waals surface area contributed by atoms with Crippen LogP contribution in [-0.2, 0) is 8.85 Å². The Kier molecular flexibility index (Phi) is 10.1. The summed E-state index contributed by atoms with van der Waals surface area (Å²) in [5.41, 5.74) is 0.132. The summed E-state index contributed by atoms with van der Waals surface area (Å²) in [6.45, 7) is 18.4. The van der Waals surface area contributed by atoms with Crippen molar-refractivity contribution in [2.45, 2.75) is 74.0 Å². The third kappa shape index (κ3) is 6.79. The number of halogens is 3. The van der Waals surface area contributed by atoms with Gasteiger partial charge in [0.25, 0.3) is 0 Å². The summed E-state index contributed by atoms with van der Waals surface area (Å²) in [5.74, 6) is 0.152. The van der Waals surface area contributed by atoms with Crippen molar-refractivity contribution < 1.29 is 18.0 Å². The molecule has 0 aliphatic rings. The maximum atomic E-state index is 14.8. The fraction of sp³-hybridized carbons (Fsp3) is 0.583. The summed E-state index contributed by atoms with van der Waals surface area (Å²) in [6.07, 6.45) is -0.598. The molecule has 186 valence electrons. The monoisotopic (exact) mass is 542 g/mol. The molecule has 0 spiro atoms. The first kappa shape index (κ1) is 29.2. The molecule has 0 saturated carbocycles. The highest BCUT2D eigenvalue weighted by molar-refractivity contribution is 6.34. The molecule has 10 heteroatoms. The van der Waals surface area contributed by atoms with Gasteiger partial charge < -0.3 is 13.6 Å². The Morgan fingerprint density at radius 2 is 1.50 bits per heavy atom. The SMILES string of the molecule is C[Si]OC(O[Si]C)C(C)(C)C(C)C(Oc1ccc(F)c(-c2nc(Cl)c(C)c(Cl)n2)c1)C(C)(C)C. The molecule has 34 heavy (non-hydrogen) atoms. The molecular weight excluding hydrogens is 510 g/mol. The van der Waals surface area contributed by atoms with Crippen LogP contribution in [-0.4, -0.2) is 41.9 Å². The predicted molar refractivity (Wildman–Crippen MR) is 138 cm³/mol. The van der Waals surface area contributed by atoms with Crippen molar-refractivity contribution in [2.24, 2.45) is 16.7 Å². The Hall–Kier alpha value is -1.04. The Balaban J connectivity index is 2.46. The number of rotatable bonds is 10. The minimum Gasteiger partial charge on any atom is -0.490 e. The van der Waals surface area contributed by atoms with Crippen LogP contribution in [0, 0.1) is 29.5 Å². The molecule has 0 aliphatic heterocycles. The molecule has 0 saturated heterocycles. The molecule has 2 aromatic rings. The van der Waals surface area contributed by atoms with Crippen molar-refractivity contribution in [2.75, 3.05) is 0 Å². The number of hydrogen-bond acceptors (Lipinski definition) is 5. The molecule has 0 N–H and O–H groups in total. The molecule has 0 amide bonds. The fourth-order valence-electron chi connectivity index (χ4n) is 3.66. The zero-order chi connectivity index (χ0) is 25.8. The van der Waals surface area contributed by atoms with Gasteiger partial charge in [-0.15, -0.1) is 0 Å². The van der Waals surface area contributed by atoms with E-state index in [1.165, 1.54) is 6.07 Å². The summed E-state index contributed by atoms with van der Waals surface area (Å²) in [7, 11) is 0.614. The van der Waals surface area contributed by atoms with Crippen LogP contribution in [0.3, 0.4) is 0 Å². The molecule has 2 atom stereocenters. The van der Waals surface area contributed by atoms with Gasteiger partial charge >= 0.3 is 0 Å². The molecule has 0 fully saturated rings. The first-order valence-electron chi connectivity index (χ1n) is 11.0. The zero-order valence-electron chi connectivity index (χ0n) is 21.2. The number of hydrogen-bond donors (Lipinski definition) is 0. The lowest BCUT2D eigenvalue weighted by Crippen LogP contribution is -2.50. The lowest BCUT2D eigenvalue weighted by molar-refractivity contribution is -0.132. The van der Waals surface area contributed by atoms with Gasteiger partial charge in [0.05, 0.1) is 5.56 Å². The quantitative estimate of drug-likeness (QED) is 0.183. The van der Waals surface area contributed by atoms with Crippen LogP contribution in [0.25, 0.3) is 11.4 Å². The smallest absolute Gasteiger partial charge is 0.229 e. The fourth-order valence-corrected chi connectivity index (χ4v) is 5.27. The van der Waals surface area contributed by atoms with Crippen molar-refractivity contribution >= 4 is 42.7 Å². The van der Waals surface area contributed by atoms with Crippen molar-refractivity contribution in [3.05, 3.63) is 39.9 Å². The van der Waals surface area contributed by atoms with Gasteiger partial charge in [-0.1, -0.05) is 64.7 Å². The van der Waals surface area contributed by atoms with Gasteiger partial charge in [0.2, 0.25) is 19.5 Å². The van der Waals surface area contributed by atoms with E-state index in [9.17, 15) is 4.39 Å². The summed E-state index contributed by atoms with van der Waals surface area (Å²) in [4.78, 5) is 8.43. The second-order valence-electron chi connectivity index (χ2n) is 9.89. The van der Waals surface area contributed by atoms with E-state index < -0.39 is 5.82 Å². The van der Waals surface area contributed by atoms with Crippen LogP contribution in [0.1, 0.15) is 47.1 Å². The Labute approximate surface area is 218 Å². The maximum absolute atomic E-state index is 14.8. The molecule has 1 aromatic heterocycles. The van der Waals surface area contributed by atoms with Crippen molar-refractivity contribution in [3.8, 4) is 17.1 Å². The first-order valence-corrected chi connectivity index (χ1v) is 14.6. The number of benzene rings is 1. The van der Waals surface area contributed by atoms with Gasteiger partial charge in [-0.05, 0) is 43.6 Å². The Morgan fingerprint density at radius 1 is 0.971 bits per heavy atom. The van der Waals surface area contributed by atoms with Gasteiger partial charge in [0, 0.05) is 16.9 Å². The standard InChI is InChI=1S/C24H33Cl2FN2O3Si2/c1-13-19(25)28-21(29-20(13)26)16-12-15(10-11-17(16)27)30-18(23(3,4)5)14(2)24(6,7)22(31-33-8)32-34-9/h10-12,14,18,22H,1-9H3. The third-order valence-corrected chi connectivity index (χ3v) is 7.64. The second-order valence-corrected chi connectivity index (χ2v) is 11.9. The molecule has 0 bridgehead atoms. The van der Waals surface area contributed by atoms with E-state index in [2.05, 4.69) is 51.5 Å². The molecule has 2 rings (SSSR count). The Morgan fingerprint density at radius 3 is 1.97 bits per heavy atom. The Bertz CT molecular complexity index is 960. The normalized spacial score (nSPS) is 14.4. The van der Waals surface area contributed by atoms with Crippen molar-refractivity contribution in [3.63, 3.8) is 0 Å². The van der Waals surface area contributed by atoms with Crippen LogP contribution in [0.5, 0.6) is 5.75 Å². The topological polar surface area (TPSA) is 53.5 Å². The summed E-state index contributed by atoms with van der Waals surface area (Å²) in [5, 5.41) is 0.367. The minimum absolute atomic E-state index is 0.0261. The van der Waals surface area contributed by atoms with E-state index in [1.54, 1.807) is 19.1 Å². The van der Waals surface area contributed by atoms with Crippen molar-refractivity contribution in [1.82, 2.24) is 9.97 Å². The average Bonchev–Trinajstić information content (AvgIpc) is 2.75. The van der Waals surface area contributed by atoms with Gasteiger partial charge in [-0.2, -0.15) is 0 Å². The molecule has 1 aromatic carbocycles. The molecule has 1 heterocycles. The van der Waals surface area contributed by atoms with Crippen LogP contribution in [0.4, 0.5) is 4.39 Å². The van der Waals surface area contributed by atoms with Crippen LogP contribution >= 0.6 is 23.2 Å². The van der Waals surface area contributed by atoms with E-state index in [1.807, 2.05) is 13.1 Å². The van der Waals surface area contributed by atoms with Gasteiger partial charge in [-0.25, -0.2) is 14.4 Å². The highest BCUT2D eigenvalue weighted by Crippen LogP contribution is 2.42. The number of aromatic nitrogens is 2. The van der Waals surface area contributed by atoms with Crippen LogP contribution in [0.2, 0.25) is 23.4 Å². The second kappa shape index (κ2) is 11.8. The molecule has 2 unspecified atom stereocenters. The first-order chi connectivity index (χ1) is 15.7. The summed E-state index contributed by atoms with van der Waals surface area (Å²) in [6, 6.07) is 4.55. The van der Waals surface area contributed by atoms with Crippen molar-refractivity contribution in [1.29, 1.82) is 0 Å². The largest absolute Gasteiger partial charge is 0.490 e. The van der Waals surface area contributed by atoms with Gasteiger partial charge in [0.1, 0.15) is 34.3 Å². The maximum Gasteiger partial charge on any atom is 0.229 e. The molecule has 5 nitrogen and oxygen atoms in total. The summed E-state index contributed by atoms with van der Waals surface area (Å²) < 4.78 is 33.2. The lowest BCUT2D eigenvalue weighted by Gasteiger charge is -2.46. The van der Waals surface area contributed by atoms with E-state index in [4.69, 9.17) is 36.8 Å². The minimum atomic E-state index is -0.487. The molecule has 4 radical (unpaired) electrons. The van der Waals surface area contributed by atoms with E-state index in [-0.39, 0.29) is 50.8 Å². The molecule has 0 aliphatic carbocycles. The highest BCUT2D eigenvalue weighted by Gasteiger charge is 2.45. The average molecular weight is 544 g/mol.